The molecule has 0 radical (unpaired) electrons. The van der Waals surface area contributed by atoms with Gasteiger partial charge in [-0.05, 0) is 56.2 Å². The van der Waals surface area contributed by atoms with Crippen LogP contribution in [0.5, 0.6) is 0 Å². The number of aryl methyl sites for hydroxylation is 2. The summed E-state index contributed by atoms with van der Waals surface area (Å²) >= 11 is 0. The second kappa shape index (κ2) is 7.53. The van der Waals surface area contributed by atoms with E-state index < -0.39 is 15.8 Å². The SMILES string of the molecule is Cc1ccc(S(=O)(=O)N(Cc2ccccc2F)c2cccc(C)c2C)cc1. The maximum Gasteiger partial charge on any atom is 0.264 e. The average molecular weight is 383 g/mol. The van der Waals surface area contributed by atoms with Crippen molar-refractivity contribution < 1.29 is 12.8 Å². The summed E-state index contributed by atoms with van der Waals surface area (Å²) in [4.78, 5) is 0.186. The van der Waals surface area contributed by atoms with Crippen LogP contribution in [0, 0.1) is 26.6 Å². The van der Waals surface area contributed by atoms with Gasteiger partial charge in [0.25, 0.3) is 10.0 Å². The molecule has 0 aliphatic rings. The van der Waals surface area contributed by atoms with Crippen molar-refractivity contribution in [3.05, 3.63) is 94.8 Å². The van der Waals surface area contributed by atoms with Gasteiger partial charge in [0.15, 0.2) is 0 Å². The number of hydrogen-bond donors (Lipinski definition) is 0. The van der Waals surface area contributed by atoms with E-state index in [1.54, 1.807) is 48.5 Å². The fourth-order valence-electron chi connectivity index (χ4n) is 2.92. The predicted octanol–water partition coefficient (Wildman–Crippen LogP) is 5.15. The minimum absolute atomic E-state index is 0.0762. The highest BCUT2D eigenvalue weighted by Crippen LogP contribution is 2.30. The number of sulfonamides is 1. The molecule has 0 aliphatic heterocycles. The molecular formula is C22H22FNO2S. The lowest BCUT2D eigenvalue weighted by Gasteiger charge is -2.27. The Hall–Kier alpha value is -2.66. The number of hydrogen-bond acceptors (Lipinski definition) is 2. The van der Waals surface area contributed by atoms with Gasteiger partial charge in [0.05, 0.1) is 17.1 Å². The largest absolute Gasteiger partial charge is 0.264 e. The molecule has 0 saturated heterocycles. The molecule has 0 unspecified atom stereocenters. The number of nitrogens with zero attached hydrogens (tertiary/aromatic N) is 1. The molecule has 0 bridgehead atoms. The summed E-state index contributed by atoms with van der Waals surface area (Å²) in [6.45, 7) is 5.63. The standard InChI is InChI=1S/C22H22FNO2S/c1-16-11-13-20(14-12-16)27(25,26)24(15-19-8-4-5-9-21(19)23)22-10-6-7-17(2)18(22)3/h4-14H,15H2,1-3H3. The molecule has 0 aromatic heterocycles. The topological polar surface area (TPSA) is 37.4 Å². The minimum atomic E-state index is -3.86. The smallest absolute Gasteiger partial charge is 0.262 e. The first kappa shape index (κ1) is 19.1. The molecule has 0 heterocycles. The molecule has 0 N–H and O–H groups in total. The van der Waals surface area contributed by atoms with E-state index in [2.05, 4.69) is 0 Å². The van der Waals surface area contributed by atoms with Crippen molar-refractivity contribution in [3.63, 3.8) is 0 Å². The zero-order valence-corrected chi connectivity index (χ0v) is 16.4. The van der Waals surface area contributed by atoms with Crippen LogP contribution in [-0.4, -0.2) is 8.42 Å². The van der Waals surface area contributed by atoms with Crippen molar-refractivity contribution in [3.8, 4) is 0 Å². The van der Waals surface area contributed by atoms with E-state index >= 15 is 0 Å². The van der Waals surface area contributed by atoms with Gasteiger partial charge < -0.3 is 0 Å². The second-order valence-electron chi connectivity index (χ2n) is 6.64. The summed E-state index contributed by atoms with van der Waals surface area (Å²) < 4.78 is 42.4. The Morgan fingerprint density at radius 1 is 0.852 bits per heavy atom. The summed E-state index contributed by atoms with van der Waals surface area (Å²) in [7, 11) is -3.86. The van der Waals surface area contributed by atoms with Crippen LogP contribution in [0.3, 0.4) is 0 Å². The van der Waals surface area contributed by atoms with Crippen molar-refractivity contribution >= 4 is 15.7 Å². The first-order valence-electron chi connectivity index (χ1n) is 8.70. The molecule has 0 fully saturated rings. The van der Waals surface area contributed by atoms with Crippen LogP contribution in [-0.2, 0) is 16.6 Å². The molecule has 3 aromatic carbocycles. The van der Waals surface area contributed by atoms with Crippen molar-refractivity contribution in [1.82, 2.24) is 0 Å². The Balaban J connectivity index is 2.16. The summed E-state index contributed by atoms with van der Waals surface area (Å²) in [5.74, 6) is -0.424. The highest BCUT2D eigenvalue weighted by Gasteiger charge is 2.27. The Morgan fingerprint density at radius 2 is 1.52 bits per heavy atom. The molecule has 27 heavy (non-hydrogen) atoms. The van der Waals surface area contributed by atoms with Crippen molar-refractivity contribution in [1.29, 1.82) is 0 Å². The van der Waals surface area contributed by atoms with E-state index in [0.717, 1.165) is 16.7 Å². The molecule has 0 aliphatic carbocycles. The number of rotatable bonds is 5. The quantitative estimate of drug-likeness (QED) is 0.611. The Bertz CT molecular complexity index is 1060. The molecule has 0 saturated carbocycles. The van der Waals surface area contributed by atoms with E-state index in [4.69, 9.17) is 0 Å². The molecule has 3 aromatic rings. The van der Waals surface area contributed by atoms with Gasteiger partial charge in [0.1, 0.15) is 5.82 Å². The minimum Gasteiger partial charge on any atom is -0.262 e. The van der Waals surface area contributed by atoms with E-state index in [9.17, 15) is 12.8 Å². The Morgan fingerprint density at radius 3 is 2.19 bits per heavy atom. The predicted molar refractivity (Wildman–Crippen MR) is 107 cm³/mol. The van der Waals surface area contributed by atoms with Gasteiger partial charge >= 0.3 is 0 Å². The third-order valence-corrected chi connectivity index (χ3v) is 6.50. The summed E-state index contributed by atoms with van der Waals surface area (Å²) in [5, 5.41) is 0. The fourth-order valence-corrected chi connectivity index (χ4v) is 4.42. The van der Waals surface area contributed by atoms with E-state index in [-0.39, 0.29) is 11.4 Å². The molecule has 140 valence electrons. The van der Waals surface area contributed by atoms with Gasteiger partial charge in [0, 0.05) is 5.56 Å². The van der Waals surface area contributed by atoms with Gasteiger partial charge in [-0.15, -0.1) is 0 Å². The average Bonchev–Trinajstić information content (AvgIpc) is 2.64. The van der Waals surface area contributed by atoms with Crippen molar-refractivity contribution in [2.75, 3.05) is 4.31 Å². The molecule has 0 spiro atoms. The lowest BCUT2D eigenvalue weighted by atomic mass is 10.1. The lowest BCUT2D eigenvalue weighted by molar-refractivity contribution is 0.585. The second-order valence-corrected chi connectivity index (χ2v) is 8.50. The van der Waals surface area contributed by atoms with Crippen LogP contribution in [0.15, 0.2) is 71.6 Å². The summed E-state index contributed by atoms with van der Waals surface area (Å²) in [6.07, 6.45) is 0. The van der Waals surface area contributed by atoms with E-state index in [1.807, 2.05) is 32.9 Å². The highest BCUT2D eigenvalue weighted by atomic mass is 32.2. The first-order chi connectivity index (χ1) is 12.8. The molecule has 3 nitrogen and oxygen atoms in total. The van der Waals surface area contributed by atoms with Crippen molar-refractivity contribution in [2.45, 2.75) is 32.2 Å². The lowest BCUT2D eigenvalue weighted by Crippen LogP contribution is -2.31. The van der Waals surface area contributed by atoms with Crippen LogP contribution in [0.4, 0.5) is 10.1 Å². The maximum absolute atomic E-state index is 14.3. The summed E-state index contributed by atoms with van der Waals surface area (Å²) in [5.41, 5.74) is 3.68. The van der Waals surface area contributed by atoms with Gasteiger partial charge in [-0.2, -0.15) is 0 Å². The summed E-state index contributed by atoms with van der Waals surface area (Å²) in [6, 6.07) is 18.5. The monoisotopic (exact) mass is 383 g/mol. The Kier molecular flexibility index (Phi) is 5.33. The van der Waals surface area contributed by atoms with Gasteiger partial charge in [-0.1, -0.05) is 48.0 Å². The van der Waals surface area contributed by atoms with Crippen LogP contribution < -0.4 is 4.31 Å². The third-order valence-electron chi connectivity index (χ3n) is 4.73. The van der Waals surface area contributed by atoms with E-state index in [0.29, 0.717) is 11.3 Å². The zero-order valence-electron chi connectivity index (χ0n) is 15.6. The Labute approximate surface area is 160 Å². The van der Waals surface area contributed by atoms with Crippen molar-refractivity contribution in [2.24, 2.45) is 0 Å². The van der Waals surface area contributed by atoms with Gasteiger partial charge in [-0.3, -0.25) is 4.31 Å². The first-order valence-corrected chi connectivity index (χ1v) is 10.1. The molecule has 0 amide bonds. The van der Waals surface area contributed by atoms with Gasteiger partial charge in [-0.25, -0.2) is 12.8 Å². The molecular weight excluding hydrogens is 361 g/mol. The maximum atomic E-state index is 14.3. The highest BCUT2D eigenvalue weighted by molar-refractivity contribution is 7.92. The zero-order chi connectivity index (χ0) is 19.6. The molecule has 5 heteroatoms. The number of anilines is 1. The van der Waals surface area contributed by atoms with Crippen LogP contribution in [0.25, 0.3) is 0 Å². The molecule has 0 atom stereocenters. The van der Waals surface area contributed by atoms with Crippen LogP contribution >= 0.6 is 0 Å². The van der Waals surface area contributed by atoms with E-state index in [1.165, 1.54) is 10.4 Å². The molecule has 3 rings (SSSR count). The van der Waals surface area contributed by atoms with Crippen LogP contribution in [0.2, 0.25) is 0 Å². The normalized spacial score (nSPS) is 11.4. The van der Waals surface area contributed by atoms with Gasteiger partial charge in [0.2, 0.25) is 0 Å². The number of benzene rings is 3. The third kappa shape index (κ3) is 3.88. The fraction of sp³-hybridized carbons (Fsp3) is 0.182. The number of halogens is 1. The van der Waals surface area contributed by atoms with Crippen LogP contribution in [0.1, 0.15) is 22.3 Å².